The molecule has 3 aromatic rings. The monoisotopic (exact) mass is 429 g/mol. The Balaban J connectivity index is 1.77. The Hall–Kier alpha value is -3.01. The van der Waals surface area contributed by atoms with Crippen molar-refractivity contribution in [3.8, 4) is 11.3 Å². The van der Waals surface area contributed by atoms with E-state index in [9.17, 15) is 5.11 Å². The van der Waals surface area contributed by atoms with Crippen molar-refractivity contribution in [1.29, 1.82) is 0 Å². The van der Waals surface area contributed by atoms with E-state index in [2.05, 4.69) is 20.9 Å². The van der Waals surface area contributed by atoms with Crippen LogP contribution < -0.4 is 5.11 Å². The average molecular weight is 430 g/mol. The van der Waals surface area contributed by atoms with E-state index in [0.717, 1.165) is 22.3 Å². The predicted octanol–water partition coefficient (Wildman–Crippen LogP) is 4.95. The number of ether oxygens (including phenoxy) is 1. The second-order valence-electron chi connectivity index (χ2n) is 6.28. The minimum atomic E-state index is -0.767. The normalized spacial score (nSPS) is 10.2. The van der Waals surface area contributed by atoms with Gasteiger partial charge in [0.1, 0.15) is 27.0 Å². The van der Waals surface area contributed by atoms with E-state index < -0.39 is 5.95 Å². The van der Waals surface area contributed by atoms with E-state index in [-0.39, 0.29) is 6.61 Å². The van der Waals surface area contributed by atoms with Crippen molar-refractivity contribution in [3.05, 3.63) is 74.8 Å². The lowest BCUT2D eigenvalue weighted by Gasteiger charge is -2.14. The Bertz CT molecular complexity index is 1110. The Labute approximate surface area is 177 Å². The summed E-state index contributed by atoms with van der Waals surface area (Å²) in [6.45, 7) is 5.53. The molecule has 1 heterocycles. The number of benzene rings is 2. The van der Waals surface area contributed by atoms with Crippen molar-refractivity contribution in [2.24, 2.45) is 5.11 Å². The Kier molecular flexibility index (Phi) is 6.42. The third-order valence-electron chi connectivity index (χ3n) is 4.29. The highest BCUT2D eigenvalue weighted by Gasteiger charge is 2.18. The number of halogens is 2. The van der Waals surface area contributed by atoms with Gasteiger partial charge in [0.15, 0.2) is 5.95 Å². The van der Waals surface area contributed by atoms with Gasteiger partial charge in [-0.25, -0.2) is 0 Å². The molecule has 0 radical (unpaired) electrons. The van der Waals surface area contributed by atoms with E-state index in [4.69, 9.17) is 32.5 Å². The first-order valence-corrected chi connectivity index (χ1v) is 9.43. The minimum absolute atomic E-state index is 0.120. The zero-order valence-electron chi connectivity index (χ0n) is 16.0. The molecule has 148 valence electrons. The third kappa shape index (κ3) is 4.70. The van der Waals surface area contributed by atoms with Crippen LogP contribution in [0.3, 0.4) is 0 Å². The summed E-state index contributed by atoms with van der Waals surface area (Å²) in [6.07, 6.45) is 0. The molecule has 0 aliphatic rings. The first kappa shape index (κ1) is 20.7. The summed E-state index contributed by atoms with van der Waals surface area (Å²) in [5, 5.41) is 20.8. The van der Waals surface area contributed by atoms with E-state index in [1.54, 1.807) is 18.2 Å². The predicted molar refractivity (Wildman–Crippen MR) is 108 cm³/mol. The number of rotatable bonds is 5. The molecule has 3 rings (SSSR count). The van der Waals surface area contributed by atoms with Crippen LogP contribution >= 0.6 is 23.2 Å². The van der Waals surface area contributed by atoms with Crippen LogP contribution in [-0.4, -0.2) is 15.8 Å². The van der Waals surface area contributed by atoms with Gasteiger partial charge in [-0.1, -0.05) is 46.6 Å². The van der Waals surface area contributed by atoms with Crippen LogP contribution in [0.4, 0.5) is 5.69 Å². The molecular weight excluding hydrogens is 413 g/mol. The standard InChI is InChI=1S/C21H17Cl2N3O3/c1-12-19(13(2)21(23)14(3)20(12)22)17-9-16(29-26-17)11-28-18(27)10-24-25-15-7-5-4-6-8-15/h4-9H,11H2,1-3H3. The lowest BCUT2D eigenvalue weighted by molar-refractivity contribution is -0.357. The van der Waals surface area contributed by atoms with Gasteiger partial charge >= 0.3 is 5.87 Å². The molecule has 8 heteroatoms. The topological polar surface area (TPSA) is 84.8 Å². The molecule has 0 unspecified atom stereocenters. The van der Waals surface area contributed by atoms with Gasteiger partial charge in [-0.2, -0.15) is 0 Å². The highest BCUT2D eigenvalue weighted by atomic mass is 35.5. The number of nitrogens with zero attached hydrogens (tertiary/aromatic N) is 3. The lowest BCUT2D eigenvalue weighted by Crippen LogP contribution is -2.08. The molecule has 0 fully saturated rings. The molecule has 29 heavy (non-hydrogen) atoms. The first-order valence-electron chi connectivity index (χ1n) is 8.67. The first-order chi connectivity index (χ1) is 13.9. The highest BCUT2D eigenvalue weighted by molar-refractivity contribution is 6.37. The molecular formula is C21H17Cl2N3O3. The van der Waals surface area contributed by atoms with Crippen molar-refractivity contribution in [1.82, 2.24) is 5.16 Å². The van der Waals surface area contributed by atoms with Gasteiger partial charge in [0.2, 0.25) is 0 Å². The van der Waals surface area contributed by atoms with Crippen LogP contribution in [0.25, 0.3) is 11.3 Å². The molecule has 0 N–H and O–H groups in total. The second kappa shape index (κ2) is 8.99. The Morgan fingerprint density at radius 1 is 1.14 bits per heavy atom. The fourth-order valence-electron chi connectivity index (χ4n) is 2.83. The Morgan fingerprint density at radius 3 is 2.45 bits per heavy atom. The van der Waals surface area contributed by atoms with Gasteiger partial charge in [-0.15, -0.1) is 0 Å². The third-order valence-corrected chi connectivity index (χ3v) is 5.42. The van der Waals surface area contributed by atoms with E-state index in [0.29, 0.717) is 27.2 Å². The van der Waals surface area contributed by atoms with Gasteiger partial charge in [0.25, 0.3) is 0 Å². The quantitative estimate of drug-likeness (QED) is 0.248. The van der Waals surface area contributed by atoms with Crippen LogP contribution in [-0.2, 0) is 11.3 Å². The summed E-state index contributed by atoms with van der Waals surface area (Å²) >= 11 is 12.7. The molecule has 6 nitrogen and oxygen atoms in total. The smallest absolute Gasteiger partial charge is 0.376 e. The molecule has 0 aliphatic heterocycles. The van der Waals surface area contributed by atoms with E-state index >= 15 is 0 Å². The maximum Gasteiger partial charge on any atom is 0.376 e. The van der Waals surface area contributed by atoms with Crippen LogP contribution in [0.1, 0.15) is 22.5 Å². The summed E-state index contributed by atoms with van der Waals surface area (Å²) in [4.78, 5) is 3.58. The zero-order valence-corrected chi connectivity index (χ0v) is 17.5. The molecule has 0 aliphatic carbocycles. The molecule has 0 atom stereocenters. The van der Waals surface area contributed by atoms with Crippen LogP contribution in [0.2, 0.25) is 10.0 Å². The van der Waals surface area contributed by atoms with Gasteiger partial charge in [-0.05, 0) is 49.6 Å². The van der Waals surface area contributed by atoms with E-state index in [1.165, 1.54) is 0 Å². The van der Waals surface area contributed by atoms with Crippen molar-refractivity contribution in [2.75, 3.05) is 0 Å². The Morgan fingerprint density at radius 2 is 1.79 bits per heavy atom. The maximum absolute atomic E-state index is 11.7. The maximum atomic E-state index is 11.7. The zero-order chi connectivity index (χ0) is 21.0. The second-order valence-corrected chi connectivity index (χ2v) is 7.04. The van der Waals surface area contributed by atoms with Crippen LogP contribution in [0, 0.1) is 20.8 Å². The van der Waals surface area contributed by atoms with Crippen LogP contribution in [0.5, 0.6) is 0 Å². The van der Waals surface area contributed by atoms with Crippen LogP contribution in [0.15, 0.2) is 52.0 Å². The van der Waals surface area contributed by atoms with E-state index in [1.807, 2.05) is 39.0 Å². The van der Waals surface area contributed by atoms with Crippen molar-refractivity contribution in [3.63, 3.8) is 0 Å². The fraction of sp³-hybridized carbons (Fsp3) is 0.190. The molecule has 1 aromatic heterocycles. The summed E-state index contributed by atoms with van der Waals surface area (Å²) in [6, 6.07) is 10.7. The van der Waals surface area contributed by atoms with Gasteiger partial charge < -0.3 is 14.4 Å². The molecule has 0 saturated carbocycles. The minimum Gasteiger partial charge on any atom is -0.595 e. The summed E-state index contributed by atoms with van der Waals surface area (Å²) in [5.74, 6) is 1.78. The number of aromatic nitrogens is 1. The molecule has 0 amide bonds. The fourth-order valence-corrected chi connectivity index (χ4v) is 3.26. The molecule has 0 spiro atoms. The average Bonchev–Trinajstić information content (AvgIpc) is 3.19. The molecule has 0 bridgehead atoms. The SMILES string of the molecule is Cc1c(Cl)c(C)c(-c2cc(COC([O-])=C=[N+]=Nc3ccccc3)on2)c(C)c1Cl. The number of hydrogen-bond donors (Lipinski definition) is 0. The summed E-state index contributed by atoms with van der Waals surface area (Å²) in [5.41, 5.74) is 4.49. The largest absolute Gasteiger partial charge is 0.595 e. The summed E-state index contributed by atoms with van der Waals surface area (Å²) < 4.78 is 10.3. The summed E-state index contributed by atoms with van der Waals surface area (Å²) in [7, 11) is 0. The molecule has 0 saturated heterocycles. The lowest BCUT2D eigenvalue weighted by atomic mass is 9.97. The number of hydrogen-bond acceptors (Lipinski definition) is 5. The van der Waals surface area contributed by atoms with Crippen molar-refractivity contribution >= 4 is 34.8 Å². The van der Waals surface area contributed by atoms with Gasteiger partial charge in [0.05, 0.1) is 6.61 Å². The highest BCUT2D eigenvalue weighted by Crippen LogP contribution is 2.39. The molecule has 2 aromatic carbocycles. The van der Waals surface area contributed by atoms with Gasteiger partial charge in [-0.3, -0.25) is 0 Å². The van der Waals surface area contributed by atoms with Crippen molar-refractivity contribution < 1.29 is 19.2 Å². The van der Waals surface area contributed by atoms with Gasteiger partial charge in [0, 0.05) is 21.7 Å². The van der Waals surface area contributed by atoms with Crippen molar-refractivity contribution in [2.45, 2.75) is 27.4 Å².